The predicted molar refractivity (Wildman–Crippen MR) is 98.5 cm³/mol. The number of thiazole rings is 1. The summed E-state index contributed by atoms with van der Waals surface area (Å²) < 4.78 is 42.3. The molecule has 8 heteroatoms. The van der Waals surface area contributed by atoms with Crippen molar-refractivity contribution in [3.05, 3.63) is 70.2 Å². The SMILES string of the molecule is CC(C)Cc1cc(C(=O)Nc2nccs2)n(Cc2ccc(F)c(F)c2F)c1. The molecule has 0 saturated carbocycles. The summed E-state index contributed by atoms with van der Waals surface area (Å²) in [5.74, 6) is -4.05. The number of nitrogens with zero attached hydrogens (tertiary/aromatic N) is 2. The number of amides is 1. The van der Waals surface area contributed by atoms with E-state index in [1.165, 1.54) is 22.0 Å². The van der Waals surface area contributed by atoms with Gasteiger partial charge in [-0.2, -0.15) is 0 Å². The highest BCUT2D eigenvalue weighted by atomic mass is 32.1. The van der Waals surface area contributed by atoms with Crippen LogP contribution < -0.4 is 5.32 Å². The van der Waals surface area contributed by atoms with Crippen LogP contribution in [0, 0.1) is 23.4 Å². The zero-order valence-electron chi connectivity index (χ0n) is 14.8. The first-order valence-corrected chi connectivity index (χ1v) is 9.25. The van der Waals surface area contributed by atoms with Crippen LogP contribution in [0.3, 0.4) is 0 Å². The molecule has 3 aromatic rings. The Morgan fingerprint density at radius 2 is 2.04 bits per heavy atom. The third-order valence-electron chi connectivity index (χ3n) is 3.94. The number of halogens is 3. The molecule has 0 bridgehead atoms. The number of benzene rings is 1. The first kappa shape index (κ1) is 19.2. The Morgan fingerprint density at radius 3 is 2.70 bits per heavy atom. The van der Waals surface area contributed by atoms with Gasteiger partial charge in [0.05, 0.1) is 6.54 Å². The molecule has 27 heavy (non-hydrogen) atoms. The largest absolute Gasteiger partial charge is 0.339 e. The Labute approximate surface area is 158 Å². The number of aromatic nitrogens is 2. The second-order valence-corrected chi connectivity index (χ2v) is 7.48. The summed E-state index contributed by atoms with van der Waals surface area (Å²) in [6.45, 7) is 3.99. The summed E-state index contributed by atoms with van der Waals surface area (Å²) in [7, 11) is 0. The standard InChI is InChI=1S/C19H18F3N3OS/c1-11(2)7-12-8-15(18(26)24-19-23-5-6-27-19)25(9-12)10-13-3-4-14(20)17(22)16(13)21/h3-6,8-9,11H,7,10H2,1-2H3,(H,23,24,26). The van der Waals surface area contributed by atoms with Gasteiger partial charge in [0.15, 0.2) is 22.6 Å². The van der Waals surface area contributed by atoms with E-state index < -0.39 is 23.4 Å². The van der Waals surface area contributed by atoms with Gasteiger partial charge in [0, 0.05) is 23.3 Å². The van der Waals surface area contributed by atoms with Gasteiger partial charge in [-0.05, 0) is 30.0 Å². The highest BCUT2D eigenvalue weighted by molar-refractivity contribution is 7.13. The van der Waals surface area contributed by atoms with Crippen molar-refractivity contribution in [2.45, 2.75) is 26.8 Å². The van der Waals surface area contributed by atoms with Gasteiger partial charge in [0.1, 0.15) is 5.69 Å². The van der Waals surface area contributed by atoms with Crippen LogP contribution in [-0.2, 0) is 13.0 Å². The fourth-order valence-corrected chi connectivity index (χ4v) is 3.32. The molecule has 1 N–H and O–H groups in total. The molecule has 2 aromatic heterocycles. The normalized spacial score (nSPS) is 11.2. The number of carbonyl (C=O) groups is 1. The number of nitrogens with one attached hydrogen (secondary N) is 1. The van der Waals surface area contributed by atoms with Gasteiger partial charge in [-0.1, -0.05) is 19.9 Å². The lowest BCUT2D eigenvalue weighted by Crippen LogP contribution is -2.17. The molecule has 0 unspecified atom stereocenters. The summed E-state index contributed by atoms with van der Waals surface area (Å²) in [6, 6.07) is 3.78. The van der Waals surface area contributed by atoms with E-state index in [4.69, 9.17) is 0 Å². The second-order valence-electron chi connectivity index (χ2n) is 6.59. The summed E-state index contributed by atoms with van der Waals surface area (Å²) in [5.41, 5.74) is 1.16. The van der Waals surface area contributed by atoms with Crippen LogP contribution in [0.4, 0.5) is 18.3 Å². The van der Waals surface area contributed by atoms with Crippen molar-refractivity contribution in [1.82, 2.24) is 9.55 Å². The van der Waals surface area contributed by atoms with Crippen molar-refractivity contribution >= 4 is 22.4 Å². The molecule has 1 amide bonds. The van der Waals surface area contributed by atoms with Gasteiger partial charge in [-0.15, -0.1) is 11.3 Å². The van der Waals surface area contributed by atoms with Gasteiger partial charge in [-0.25, -0.2) is 18.2 Å². The summed E-state index contributed by atoms with van der Waals surface area (Å²) in [5, 5.41) is 4.86. The quantitative estimate of drug-likeness (QED) is 0.608. The summed E-state index contributed by atoms with van der Waals surface area (Å²) in [4.78, 5) is 16.6. The average Bonchev–Trinajstić information content (AvgIpc) is 3.25. The van der Waals surface area contributed by atoms with Gasteiger partial charge in [-0.3, -0.25) is 10.1 Å². The Bertz CT molecular complexity index is 952. The zero-order valence-corrected chi connectivity index (χ0v) is 15.6. The van der Waals surface area contributed by atoms with Crippen LogP contribution in [0.2, 0.25) is 0 Å². The maximum absolute atomic E-state index is 14.1. The molecule has 0 radical (unpaired) electrons. The number of rotatable bonds is 6. The lowest BCUT2D eigenvalue weighted by Gasteiger charge is -2.10. The molecule has 142 valence electrons. The van der Waals surface area contributed by atoms with Gasteiger partial charge in [0.2, 0.25) is 0 Å². The zero-order chi connectivity index (χ0) is 19.6. The second kappa shape index (κ2) is 7.96. The minimum atomic E-state index is -1.52. The van der Waals surface area contributed by atoms with Crippen LogP contribution in [0.15, 0.2) is 36.0 Å². The highest BCUT2D eigenvalue weighted by Gasteiger charge is 2.19. The highest BCUT2D eigenvalue weighted by Crippen LogP contribution is 2.21. The van der Waals surface area contributed by atoms with Crippen LogP contribution >= 0.6 is 11.3 Å². The average molecular weight is 393 g/mol. The molecule has 4 nitrogen and oxygen atoms in total. The third-order valence-corrected chi connectivity index (χ3v) is 4.63. The summed E-state index contributed by atoms with van der Waals surface area (Å²) in [6.07, 6.45) is 4.03. The van der Waals surface area contributed by atoms with Gasteiger partial charge >= 0.3 is 0 Å². The molecule has 1 aromatic carbocycles. The molecular weight excluding hydrogens is 375 g/mol. The third kappa shape index (κ3) is 4.39. The molecule has 0 aliphatic carbocycles. The van der Waals surface area contributed by atoms with E-state index in [9.17, 15) is 18.0 Å². The van der Waals surface area contributed by atoms with E-state index >= 15 is 0 Å². The first-order valence-electron chi connectivity index (χ1n) is 8.37. The lowest BCUT2D eigenvalue weighted by atomic mass is 10.1. The molecule has 0 atom stereocenters. The van der Waals surface area contributed by atoms with Crippen LogP contribution in [-0.4, -0.2) is 15.5 Å². The predicted octanol–water partition coefficient (Wildman–Crippen LogP) is 4.86. The van der Waals surface area contributed by atoms with E-state index in [1.54, 1.807) is 23.8 Å². The molecule has 0 fully saturated rings. The molecule has 0 spiro atoms. The van der Waals surface area contributed by atoms with E-state index in [0.717, 1.165) is 18.1 Å². The fraction of sp³-hybridized carbons (Fsp3) is 0.263. The number of anilines is 1. The fourth-order valence-electron chi connectivity index (χ4n) is 2.79. The van der Waals surface area contributed by atoms with Gasteiger partial charge < -0.3 is 4.57 Å². The minimum absolute atomic E-state index is 0.0381. The number of hydrogen-bond acceptors (Lipinski definition) is 3. The molecule has 3 rings (SSSR count). The van der Waals surface area contributed by atoms with E-state index in [2.05, 4.69) is 10.3 Å². The topological polar surface area (TPSA) is 46.9 Å². The maximum atomic E-state index is 14.1. The monoisotopic (exact) mass is 393 g/mol. The van der Waals surface area contributed by atoms with E-state index in [1.807, 2.05) is 13.8 Å². The Kier molecular flexibility index (Phi) is 5.65. The van der Waals surface area contributed by atoms with Crippen molar-refractivity contribution in [2.24, 2.45) is 5.92 Å². The Hall–Kier alpha value is -2.61. The van der Waals surface area contributed by atoms with E-state index in [-0.39, 0.29) is 12.1 Å². The number of hydrogen-bond donors (Lipinski definition) is 1. The molecule has 0 saturated heterocycles. The summed E-state index contributed by atoms with van der Waals surface area (Å²) >= 11 is 1.28. The minimum Gasteiger partial charge on any atom is -0.339 e. The van der Waals surface area contributed by atoms with Crippen molar-refractivity contribution < 1.29 is 18.0 Å². The van der Waals surface area contributed by atoms with Gasteiger partial charge in [0.25, 0.3) is 5.91 Å². The lowest BCUT2D eigenvalue weighted by molar-refractivity contribution is 0.101. The van der Waals surface area contributed by atoms with Crippen molar-refractivity contribution in [3.8, 4) is 0 Å². The van der Waals surface area contributed by atoms with Crippen LogP contribution in [0.1, 0.15) is 35.5 Å². The van der Waals surface area contributed by atoms with Crippen molar-refractivity contribution in [1.29, 1.82) is 0 Å². The molecule has 0 aliphatic heterocycles. The Balaban J connectivity index is 1.94. The molecule has 0 aliphatic rings. The maximum Gasteiger partial charge on any atom is 0.274 e. The smallest absolute Gasteiger partial charge is 0.274 e. The van der Waals surface area contributed by atoms with E-state index in [0.29, 0.717) is 16.7 Å². The Morgan fingerprint density at radius 1 is 1.26 bits per heavy atom. The van der Waals surface area contributed by atoms with Crippen molar-refractivity contribution in [3.63, 3.8) is 0 Å². The van der Waals surface area contributed by atoms with Crippen LogP contribution in [0.5, 0.6) is 0 Å². The van der Waals surface area contributed by atoms with Crippen LogP contribution in [0.25, 0.3) is 0 Å². The molecular formula is C19H18F3N3OS. The molecule has 2 heterocycles. The van der Waals surface area contributed by atoms with Crippen molar-refractivity contribution in [2.75, 3.05) is 5.32 Å². The number of carbonyl (C=O) groups excluding carboxylic acids is 1. The first-order chi connectivity index (χ1) is 12.8.